The molecule has 0 bridgehead atoms. The fourth-order valence-corrected chi connectivity index (χ4v) is 4.06. The van der Waals surface area contributed by atoms with Crippen molar-refractivity contribution in [1.29, 1.82) is 0 Å². The first-order valence-electron chi connectivity index (χ1n) is 7.51. The maximum Gasteiger partial charge on any atom is 0.0332 e. The van der Waals surface area contributed by atoms with E-state index < -0.39 is 0 Å². The van der Waals surface area contributed by atoms with Crippen molar-refractivity contribution in [2.45, 2.75) is 32.4 Å². The number of hydrogen-bond acceptors (Lipinski definition) is 3. The number of thioether (sulfide) groups is 1. The largest absolute Gasteiger partial charge is 0.310 e. The Morgan fingerprint density at radius 1 is 1.40 bits per heavy atom. The molecule has 0 radical (unpaired) electrons. The minimum Gasteiger partial charge on any atom is -0.310 e. The fourth-order valence-electron chi connectivity index (χ4n) is 2.72. The molecular formula is C16H25BrN2S. The van der Waals surface area contributed by atoms with Gasteiger partial charge >= 0.3 is 0 Å². The lowest BCUT2D eigenvalue weighted by Gasteiger charge is -2.34. The molecule has 1 aromatic carbocycles. The van der Waals surface area contributed by atoms with Gasteiger partial charge in [-0.15, -0.1) is 0 Å². The van der Waals surface area contributed by atoms with Crippen LogP contribution in [-0.4, -0.2) is 42.1 Å². The van der Waals surface area contributed by atoms with Gasteiger partial charge in [0.25, 0.3) is 0 Å². The number of benzene rings is 1. The molecule has 4 heteroatoms. The SMILES string of the molecule is CCNC(CCN1CCSCC1C)c1ccc(Br)cc1. The van der Waals surface area contributed by atoms with E-state index in [-0.39, 0.29) is 0 Å². The molecule has 2 nitrogen and oxygen atoms in total. The van der Waals surface area contributed by atoms with Gasteiger partial charge in [0.2, 0.25) is 0 Å². The molecular weight excluding hydrogens is 332 g/mol. The third-order valence-corrected chi connectivity index (χ3v) is 5.65. The Morgan fingerprint density at radius 2 is 2.15 bits per heavy atom. The lowest BCUT2D eigenvalue weighted by Crippen LogP contribution is -2.41. The van der Waals surface area contributed by atoms with E-state index in [9.17, 15) is 0 Å². The quantitative estimate of drug-likeness (QED) is 0.831. The summed E-state index contributed by atoms with van der Waals surface area (Å²) < 4.78 is 1.15. The van der Waals surface area contributed by atoms with E-state index in [1.807, 2.05) is 0 Å². The van der Waals surface area contributed by atoms with Gasteiger partial charge in [0.1, 0.15) is 0 Å². The Bertz CT molecular complexity index is 396. The monoisotopic (exact) mass is 356 g/mol. The Hall–Kier alpha value is -0.0300. The molecule has 112 valence electrons. The van der Waals surface area contributed by atoms with E-state index >= 15 is 0 Å². The summed E-state index contributed by atoms with van der Waals surface area (Å²) in [6.07, 6.45) is 1.18. The molecule has 1 saturated heterocycles. The van der Waals surface area contributed by atoms with Crippen LogP contribution in [0.1, 0.15) is 31.9 Å². The van der Waals surface area contributed by atoms with Gasteiger partial charge in [-0.2, -0.15) is 11.8 Å². The fraction of sp³-hybridized carbons (Fsp3) is 0.625. The average Bonchev–Trinajstić information content (AvgIpc) is 2.46. The molecule has 0 aromatic heterocycles. The van der Waals surface area contributed by atoms with Gasteiger partial charge in [-0.25, -0.2) is 0 Å². The van der Waals surface area contributed by atoms with E-state index in [0.717, 1.165) is 17.1 Å². The number of halogens is 1. The summed E-state index contributed by atoms with van der Waals surface area (Å²) >= 11 is 5.60. The summed E-state index contributed by atoms with van der Waals surface area (Å²) in [7, 11) is 0. The van der Waals surface area contributed by atoms with Crippen molar-refractivity contribution in [2.24, 2.45) is 0 Å². The number of rotatable bonds is 6. The number of nitrogens with zero attached hydrogens (tertiary/aromatic N) is 1. The minimum atomic E-state index is 0.467. The van der Waals surface area contributed by atoms with Gasteiger partial charge in [0.15, 0.2) is 0 Å². The van der Waals surface area contributed by atoms with E-state index in [0.29, 0.717) is 6.04 Å². The summed E-state index contributed by atoms with van der Waals surface area (Å²) in [5.74, 6) is 2.57. The normalized spacial score (nSPS) is 21.9. The van der Waals surface area contributed by atoms with E-state index in [4.69, 9.17) is 0 Å². The van der Waals surface area contributed by atoms with Gasteiger partial charge in [-0.3, -0.25) is 4.90 Å². The standard InChI is InChI=1S/C16H25BrN2S/c1-3-18-16(14-4-6-15(17)7-5-14)8-9-19-10-11-20-12-13(19)2/h4-7,13,16,18H,3,8-12H2,1-2H3. The maximum atomic E-state index is 3.63. The maximum absolute atomic E-state index is 3.63. The van der Waals surface area contributed by atoms with Crippen molar-refractivity contribution >= 4 is 27.7 Å². The summed E-state index contributed by atoms with van der Waals surface area (Å²) in [5.41, 5.74) is 1.40. The van der Waals surface area contributed by atoms with Crippen LogP contribution in [0.15, 0.2) is 28.7 Å². The zero-order chi connectivity index (χ0) is 14.4. The van der Waals surface area contributed by atoms with Gasteiger partial charge < -0.3 is 5.32 Å². The van der Waals surface area contributed by atoms with Crippen molar-refractivity contribution in [1.82, 2.24) is 10.2 Å². The highest BCUT2D eigenvalue weighted by molar-refractivity contribution is 9.10. The summed E-state index contributed by atoms with van der Waals surface area (Å²) in [6, 6.07) is 9.93. The summed E-state index contributed by atoms with van der Waals surface area (Å²) in [4.78, 5) is 2.64. The molecule has 20 heavy (non-hydrogen) atoms. The molecule has 0 saturated carbocycles. The van der Waals surface area contributed by atoms with Crippen LogP contribution in [-0.2, 0) is 0 Å². The van der Waals surface area contributed by atoms with Crippen LogP contribution in [0.25, 0.3) is 0 Å². The second kappa shape index (κ2) is 8.42. The zero-order valence-electron chi connectivity index (χ0n) is 12.4. The number of hydrogen-bond donors (Lipinski definition) is 1. The Kier molecular flexibility index (Phi) is 6.88. The Labute approximate surface area is 135 Å². The molecule has 1 aromatic rings. The van der Waals surface area contributed by atoms with Gasteiger partial charge in [0.05, 0.1) is 0 Å². The van der Waals surface area contributed by atoms with Crippen molar-refractivity contribution in [3.05, 3.63) is 34.3 Å². The average molecular weight is 357 g/mol. The molecule has 1 fully saturated rings. The Morgan fingerprint density at radius 3 is 2.80 bits per heavy atom. The first-order valence-corrected chi connectivity index (χ1v) is 9.46. The highest BCUT2D eigenvalue weighted by atomic mass is 79.9. The molecule has 0 spiro atoms. The van der Waals surface area contributed by atoms with Gasteiger partial charge in [-0.1, -0.05) is 35.0 Å². The van der Waals surface area contributed by atoms with Crippen LogP contribution in [0.4, 0.5) is 0 Å². The van der Waals surface area contributed by atoms with Crippen molar-refractivity contribution in [2.75, 3.05) is 31.1 Å². The molecule has 1 heterocycles. The summed E-state index contributed by atoms with van der Waals surface area (Å²) in [6.45, 7) is 7.99. The van der Waals surface area contributed by atoms with E-state index in [2.05, 4.69) is 76.0 Å². The molecule has 1 aliphatic heterocycles. The predicted octanol–water partition coefficient (Wildman–Crippen LogP) is 3.93. The van der Waals surface area contributed by atoms with Gasteiger partial charge in [0, 0.05) is 41.2 Å². The van der Waals surface area contributed by atoms with Crippen LogP contribution in [0.5, 0.6) is 0 Å². The van der Waals surface area contributed by atoms with Gasteiger partial charge in [-0.05, 0) is 37.6 Å². The predicted molar refractivity (Wildman–Crippen MR) is 93.5 cm³/mol. The van der Waals surface area contributed by atoms with Crippen LogP contribution >= 0.6 is 27.7 Å². The molecule has 1 aliphatic rings. The van der Waals surface area contributed by atoms with Crippen LogP contribution in [0, 0.1) is 0 Å². The second-order valence-corrected chi connectivity index (χ2v) is 7.48. The van der Waals surface area contributed by atoms with Crippen LogP contribution < -0.4 is 5.32 Å². The number of nitrogens with one attached hydrogen (secondary N) is 1. The van der Waals surface area contributed by atoms with Crippen molar-refractivity contribution in [3.63, 3.8) is 0 Å². The second-order valence-electron chi connectivity index (χ2n) is 5.41. The van der Waals surface area contributed by atoms with E-state index in [1.54, 1.807) is 0 Å². The van der Waals surface area contributed by atoms with Crippen LogP contribution in [0.2, 0.25) is 0 Å². The topological polar surface area (TPSA) is 15.3 Å². The van der Waals surface area contributed by atoms with Crippen molar-refractivity contribution in [3.8, 4) is 0 Å². The first-order chi connectivity index (χ1) is 9.70. The Balaban J connectivity index is 1.93. The van der Waals surface area contributed by atoms with Crippen molar-refractivity contribution < 1.29 is 0 Å². The molecule has 0 amide bonds. The minimum absolute atomic E-state index is 0.467. The third-order valence-electron chi connectivity index (χ3n) is 3.93. The summed E-state index contributed by atoms with van der Waals surface area (Å²) in [5, 5.41) is 3.63. The smallest absolute Gasteiger partial charge is 0.0332 e. The molecule has 0 aliphatic carbocycles. The van der Waals surface area contributed by atoms with Crippen LogP contribution in [0.3, 0.4) is 0 Å². The molecule has 1 N–H and O–H groups in total. The van der Waals surface area contributed by atoms with E-state index in [1.165, 1.54) is 36.6 Å². The highest BCUT2D eigenvalue weighted by Crippen LogP contribution is 2.22. The molecule has 2 unspecified atom stereocenters. The molecule has 2 rings (SSSR count). The lowest BCUT2D eigenvalue weighted by atomic mass is 10.0. The zero-order valence-corrected chi connectivity index (χ0v) is 14.8. The first kappa shape index (κ1) is 16.3. The highest BCUT2D eigenvalue weighted by Gasteiger charge is 2.20. The third kappa shape index (κ3) is 4.76. The lowest BCUT2D eigenvalue weighted by molar-refractivity contribution is 0.219. The molecule has 2 atom stereocenters.